The van der Waals surface area contributed by atoms with Gasteiger partial charge in [0.1, 0.15) is 22.9 Å². The van der Waals surface area contributed by atoms with Gasteiger partial charge in [0.2, 0.25) is 5.91 Å². The second kappa shape index (κ2) is 6.96. The number of halogens is 2. The molecule has 12 heteroatoms. The molecule has 0 aliphatic carbocycles. The predicted molar refractivity (Wildman–Crippen MR) is 99.9 cm³/mol. The van der Waals surface area contributed by atoms with E-state index >= 15 is 0 Å². The summed E-state index contributed by atoms with van der Waals surface area (Å²) < 4.78 is 3.32. The van der Waals surface area contributed by atoms with Gasteiger partial charge in [-0.1, -0.05) is 0 Å². The van der Waals surface area contributed by atoms with Crippen molar-refractivity contribution in [2.24, 2.45) is 7.05 Å². The highest BCUT2D eigenvalue weighted by Gasteiger charge is 2.16. The van der Waals surface area contributed by atoms with Crippen molar-refractivity contribution in [1.29, 1.82) is 0 Å². The van der Waals surface area contributed by atoms with Crippen LogP contribution >= 0.6 is 31.9 Å². The summed E-state index contributed by atoms with van der Waals surface area (Å²) in [6.07, 6.45) is 1.27. The van der Waals surface area contributed by atoms with Crippen LogP contribution in [-0.4, -0.2) is 30.2 Å². The van der Waals surface area contributed by atoms with Crippen LogP contribution in [0.5, 0.6) is 0 Å². The van der Waals surface area contributed by atoms with E-state index < -0.39 is 16.4 Å². The van der Waals surface area contributed by atoms with Gasteiger partial charge in [0.05, 0.1) is 10.6 Å². The first-order valence-electron chi connectivity index (χ1n) is 7.09. The van der Waals surface area contributed by atoms with Gasteiger partial charge < -0.3 is 5.32 Å². The molecule has 2 heterocycles. The maximum Gasteiger partial charge on any atom is 0.270 e. The van der Waals surface area contributed by atoms with Crippen LogP contribution in [0.25, 0.3) is 11.0 Å². The summed E-state index contributed by atoms with van der Waals surface area (Å²) in [5, 5.41) is 17.7. The van der Waals surface area contributed by atoms with Gasteiger partial charge in [-0.05, 0) is 37.9 Å². The number of amides is 1. The van der Waals surface area contributed by atoms with Gasteiger partial charge in [-0.2, -0.15) is 5.10 Å². The zero-order valence-corrected chi connectivity index (χ0v) is 16.3. The minimum absolute atomic E-state index is 0.109. The number of hydrogen-bond donors (Lipinski definition) is 1. The second-order valence-corrected chi connectivity index (χ2v) is 6.87. The quantitative estimate of drug-likeness (QED) is 0.446. The van der Waals surface area contributed by atoms with Gasteiger partial charge in [0.25, 0.3) is 11.2 Å². The van der Waals surface area contributed by atoms with E-state index in [2.05, 4.69) is 47.3 Å². The minimum Gasteiger partial charge on any atom is -0.323 e. The number of nitro benzene ring substituents is 1. The number of benzene rings is 1. The summed E-state index contributed by atoms with van der Waals surface area (Å²) in [6, 6.07) is 3.96. The topological polar surface area (TPSA) is 125 Å². The zero-order chi connectivity index (χ0) is 19.0. The molecule has 1 amide bonds. The van der Waals surface area contributed by atoms with Gasteiger partial charge in [0, 0.05) is 23.7 Å². The third-order valence-corrected chi connectivity index (χ3v) is 4.73. The minimum atomic E-state index is -0.539. The number of anilines is 1. The third-order valence-electron chi connectivity index (χ3n) is 3.52. The summed E-state index contributed by atoms with van der Waals surface area (Å²) in [4.78, 5) is 39.1. The van der Waals surface area contributed by atoms with Crippen molar-refractivity contribution < 1.29 is 9.72 Å². The first-order valence-corrected chi connectivity index (χ1v) is 8.68. The lowest BCUT2D eigenvalue weighted by Crippen LogP contribution is -2.28. The van der Waals surface area contributed by atoms with Gasteiger partial charge in [0.15, 0.2) is 5.65 Å². The number of nitro groups is 1. The number of aromatic nitrogens is 4. The SMILES string of the molecule is Cn1nc(Br)c2c(=O)n(CC(=O)Nc3ccc([N+](=O)[O-])cc3Br)cnc21. The molecule has 0 fully saturated rings. The molecule has 1 N–H and O–H groups in total. The van der Waals surface area contributed by atoms with Crippen LogP contribution in [0.1, 0.15) is 0 Å². The Morgan fingerprint density at radius 1 is 1.38 bits per heavy atom. The molecule has 0 spiro atoms. The molecule has 0 bridgehead atoms. The zero-order valence-electron chi connectivity index (χ0n) is 13.1. The van der Waals surface area contributed by atoms with E-state index in [0.717, 1.165) is 4.57 Å². The lowest BCUT2D eigenvalue weighted by atomic mass is 10.3. The Morgan fingerprint density at radius 3 is 2.77 bits per heavy atom. The van der Waals surface area contributed by atoms with E-state index in [1.165, 1.54) is 29.2 Å². The Kier molecular flexibility index (Phi) is 4.87. The maximum absolute atomic E-state index is 12.5. The number of rotatable bonds is 4. The largest absolute Gasteiger partial charge is 0.323 e. The summed E-state index contributed by atoms with van der Waals surface area (Å²) in [6.45, 7) is -0.271. The van der Waals surface area contributed by atoms with Crippen LogP contribution in [0.3, 0.4) is 0 Å². The first-order chi connectivity index (χ1) is 12.3. The average Bonchev–Trinajstić information content (AvgIpc) is 2.86. The standard InChI is InChI=1S/C14H10Br2N6O4/c1-20-13-11(12(16)19-20)14(24)21(6-17-13)5-10(23)18-9-3-2-7(22(25)26)4-8(9)15/h2-4,6H,5H2,1H3,(H,18,23). The first kappa shape index (κ1) is 18.2. The Labute approximate surface area is 162 Å². The van der Waals surface area contributed by atoms with Crippen molar-refractivity contribution in [2.45, 2.75) is 6.54 Å². The highest BCUT2D eigenvalue weighted by molar-refractivity contribution is 9.11. The normalized spacial score (nSPS) is 10.9. The van der Waals surface area contributed by atoms with Crippen molar-refractivity contribution >= 4 is 60.2 Å². The van der Waals surface area contributed by atoms with E-state index in [0.29, 0.717) is 20.4 Å². The molecular weight excluding hydrogens is 476 g/mol. The highest BCUT2D eigenvalue weighted by Crippen LogP contribution is 2.27. The number of non-ortho nitro benzene ring substituents is 1. The molecule has 0 unspecified atom stereocenters. The van der Waals surface area contributed by atoms with Crippen molar-refractivity contribution in [2.75, 3.05) is 5.32 Å². The van der Waals surface area contributed by atoms with Crippen molar-refractivity contribution in [1.82, 2.24) is 19.3 Å². The van der Waals surface area contributed by atoms with Gasteiger partial charge in [-0.15, -0.1) is 0 Å². The molecule has 134 valence electrons. The lowest BCUT2D eigenvalue weighted by Gasteiger charge is -2.09. The van der Waals surface area contributed by atoms with Gasteiger partial charge in [-0.3, -0.25) is 24.3 Å². The molecule has 3 aromatic rings. The molecule has 0 saturated carbocycles. The summed E-state index contributed by atoms with van der Waals surface area (Å²) in [5.41, 5.74) is 0.233. The Bertz CT molecular complexity index is 1110. The molecule has 0 aliphatic heterocycles. The molecule has 0 saturated heterocycles. The summed E-state index contributed by atoms with van der Waals surface area (Å²) in [7, 11) is 1.66. The number of aryl methyl sites for hydroxylation is 1. The monoisotopic (exact) mass is 484 g/mol. The van der Waals surface area contributed by atoms with Crippen LogP contribution in [0.4, 0.5) is 11.4 Å². The number of hydrogen-bond acceptors (Lipinski definition) is 6. The fourth-order valence-corrected chi connectivity index (χ4v) is 3.36. The Hall–Kier alpha value is -2.60. The fourth-order valence-electron chi connectivity index (χ4n) is 2.31. The number of nitrogens with one attached hydrogen (secondary N) is 1. The predicted octanol–water partition coefficient (Wildman–Crippen LogP) is 2.20. The van der Waals surface area contributed by atoms with Crippen LogP contribution in [0.15, 0.2) is 38.4 Å². The number of carbonyl (C=O) groups excluding carboxylic acids is 1. The summed E-state index contributed by atoms with van der Waals surface area (Å²) >= 11 is 6.37. The molecule has 0 atom stereocenters. The molecule has 26 heavy (non-hydrogen) atoms. The molecule has 2 aromatic heterocycles. The third kappa shape index (κ3) is 3.37. The molecule has 0 radical (unpaired) electrons. The van der Waals surface area contributed by atoms with Crippen molar-refractivity contribution in [3.8, 4) is 0 Å². The van der Waals surface area contributed by atoms with E-state index in [-0.39, 0.29) is 17.6 Å². The van der Waals surface area contributed by atoms with Crippen LogP contribution < -0.4 is 10.9 Å². The van der Waals surface area contributed by atoms with E-state index in [9.17, 15) is 19.7 Å². The molecule has 3 rings (SSSR count). The van der Waals surface area contributed by atoms with E-state index in [4.69, 9.17) is 0 Å². The summed E-state index contributed by atoms with van der Waals surface area (Å²) in [5.74, 6) is -0.484. The molecule has 10 nitrogen and oxygen atoms in total. The second-order valence-electron chi connectivity index (χ2n) is 5.26. The number of fused-ring (bicyclic) bond motifs is 1. The van der Waals surface area contributed by atoms with Gasteiger partial charge >= 0.3 is 0 Å². The van der Waals surface area contributed by atoms with E-state index in [1.807, 2.05) is 0 Å². The van der Waals surface area contributed by atoms with E-state index in [1.54, 1.807) is 7.05 Å². The van der Waals surface area contributed by atoms with Crippen molar-refractivity contribution in [3.05, 3.63) is 54.1 Å². The molecular formula is C14H10Br2N6O4. The smallest absolute Gasteiger partial charge is 0.270 e. The Balaban J connectivity index is 1.84. The van der Waals surface area contributed by atoms with Crippen molar-refractivity contribution in [3.63, 3.8) is 0 Å². The average molecular weight is 486 g/mol. The van der Waals surface area contributed by atoms with Crippen LogP contribution in [-0.2, 0) is 18.4 Å². The highest BCUT2D eigenvalue weighted by atomic mass is 79.9. The van der Waals surface area contributed by atoms with Gasteiger partial charge in [-0.25, -0.2) is 9.67 Å². The molecule has 0 aliphatic rings. The lowest BCUT2D eigenvalue weighted by molar-refractivity contribution is -0.384. The fraction of sp³-hybridized carbons (Fsp3) is 0.143. The maximum atomic E-state index is 12.5. The Morgan fingerprint density at radius 2 is 2.12 bits per heavy atom. The van der Waals surface area contributed by atoms with Crippen LogP contribution in [0.2, 0.25) is 0 Å². The number of nitrogens with zero attached hydrogens (tertiary/aromatic N) is 5. The molecule has 1 aromatic carbocycles. The van der Waals surface area contributed by atoms with Crippen LogP contribution in [0, 0.1) is 10.1 Å². The number of carbonyl (C=O) groups is 1.